The molecule has 2 aliphatic heterocycles. The number of rotatable bonds is 21. The summed E-state index contributed by atoms with van der Waals surface area (Å²) in [5.74, 6) is 1.14. The summed E-state index contributed by atoms with van der Waals surface area (Å²) < 4.78 is 71.6. The summed E-state index contributed by atoms with van der Waals surface area (Å²) in [6.45, 7) is 16.4. The average Bonchev–Trinajstić information content (AvgIpc) is 3.84. The summed E-state index contributed by atoms with van der Waals surface area (Å²) in [5.41, 5.74) is 4.53. The highest BCUT2D eigenvalue weighted by Crippen LogP contribution is 2.34. The van der Waals surface area contributed by atoms with E-state index >= 15 is 0 Å². The Kier molecular flexibility index (Phi) is 20.5. The molecule has 0 radical (unpaired) electrons. The highest BCUT2D eigenvalue weighted by Gasteiger charge is 2.32. The monoisotopic (exact) mass is 1110 g/mol. The summed E-state index contributed by atoms with van der Waals surface area (Å²) in [4.78, 5) is 53.0. The van der Waals surface area contributed by atoms with Gasteiger partial charge in [-0.3, -0.25) is 24.2 Å². The number of fused-ring (bicyclic) bond motifs is 2. The minimum atomic E-state index is -3.82. The van der Waals surface area contributed by atoms with E-state index < -0.39 is 25.6 Å². The van der Waals surface area contributed by atoms with Gasteiger partial charge in [-0.05, 0) is 88.1 Å². The van der Waals surface area contributed by atoms with Gasteiger partial charge in [-0.15, -0.1) is 10.2 Å². The summed E-state index contributed by atoms with van der Waals surface area (Å²) in [7, 11) is -6.18. The Hall–Kier alpha value is -6.36. The van der Waals surface area contributed by atoms with Crippen molar-refractivity contribution in [3.63, 3.8) is 0 Å². The van der Waals surface area contributed by atoms with Crippen LogP contribution in [0.4, 0.5) is 0 Å². The molecule has 0 spiro atoms. The van der Waals surface area contributed by atoms with Crippen LogP contribution in [0.3, 0.4) is 0 Å². The van der Waals surface area contributed by atoms with E-state index in [1.54, 1.807) is 29.8 Å². The van der Waals surface area contributed by atoms with Gasteiger partial charge >= 0.3 is 0 Å². The van der Waals surface area contributed by atoms with E-state index in [9.17, 15) is 36.3 Å². The number of ether oxygens (including phenoxy) is 2. The molecule has 2 aromatic carbocycles. The van der Waals surface area contributed by atoms with E-state index in [1.165, 1.54) is 44.5 Å². The van der Waals surface area contributed by atoms with Gasteiger partial charge in [-0.1, -0.05) is 31.8 Å². The first-order valence-corrected chi connectivity index (χ1v) is 28.4. The predicted molar refractivity (Wildman–Crippen MR) is 290 cm³/mol. The Balaban J connectivity index is 0.000000247. The zero-order valence-corrected chi connectivity index (χ0v) is 46.3. The number of H-pyrrole nitrogens is 2. The fourth-order valence-corrected chi connectivity index (χ4v) is 12.6. The van der Waals surface area contributed by atoms with Crippen LogP contribution in [0.15, 0.2) is 60.9 Å². The molecule has 4 aromatic heterocycles. The largest absolute Gasteiger partial charge is 0.493 e. The van der Waals surface area contributed by atoms with Gasteiger partial charge in [-0.25, -0.2) is 25.9 Å². The van der Waals surface area contributed by atoms with Gasteiger partial charge < -0.3 is 40.0 Å². The second kappa shape index (κ2) is 26.3. The van der Waals surface area contributed by atoms with Crippen LogP contribution in [0.1, 0.15) is 79.0 Å². The molecular weight excluding hydrogens is 1040 g/mol. The highest BCUT2D eigenvalue weighted by molar-refractivity contribution is 7.89. The lowest BCUT2D eigenvalue weighted by Crippen LogP contribution is -2.49. The maximum absolute atomic E-state index is 13.6. The van der Waals surface area contributed by atoms with Crippen molar-refractivity contribution in [3.05, 3.63) is 90.7 Å². The van der Waals surface area contributed by atoms with Crippen molar-refractivity contribution < 1.29 is 51.6 Å². The molecule has 6 heterocycles. The van der Waals surface area contributed by atoms with E-state index in [1.807, 2.05) is 44.4 Å². The molecule has 0 unspecified atom stereocenters. The first-order valence-electron chi connectivity index (χ1n) is 25.5. The summed E-state index contributed by atoms with van der Waals surface area (Å²) in [5, 5.41) is 31.7. The number of aldehydes is 1. The van der Waals surface area contributed by atoms with Crippen LogP contribution in [-0.4, -0.2) is 192 Å². The lowest BCUT2D eigenvalue weighted by Gasteiger charge is -2.33. The number of oxime groups is 1. The van der Waals surface area contributed by atoms with E-state index in [0.717, 1.165) is 35.9 Å². The molecule has 2 aliphatic rings. The van der Waals surface area contributed by atoms with Gasteiger partial charge in [-0.2, -0.15) is 8.61 Å². The molecule has 77 heavy (non-hydrogen) atoms. The molecule has 8 rings (SSSR count). The molecule has 0 bridgehead atoms. The number of aliphatic hydroxyl groups is 2. The van der Waals surface area contributed by atoms with E-state index in [-0.39, 0.29) is 51.2 Å². The molecule has 24 nitrogen and oxygen atoms in total. The number of carbonyl (C=O) groups is 1. The molecule has 420 valence electrons. The molecule has 0 saturated carbocycles. The number of aliphatic hydroxyl groups excluding tert-OH is 2. The van der Waals surface area contributed by atoms with Crippen molar-refractivity contribution in [1.29, 1.82) is 0 Å². The first kappa shape index (κ1) is 59.9. The number of nitrogens with one attached hydrogen (secondary N) is 2. The number of aryl methyl sites for hydroxylation is 4. The third-order valence-corrected chi connectivity index (χ3v) is 17.3. The quantitative estimate of drug-likeness (QED) is 0.0456. The molecule has 0 atom stereocenters. The number of benzene rings is 2. The second-order valence-corrected chi connectivity index (χ2v) is 22.1. The van der Waals surface area contributed by atoms with E-state index in [4.69, 9.17) is 24.5 Å². The van der Waals surface area contributed by atoms with Crippen LogP contribution >= 0.6 is 0 Å². The van der Waals surface area contributed by atoms with Crippen LogP contribution < -0.4 is 20.6 Å². The Morgan fingerprint density at radius 1 is 0.649 bits per heavy atom. The lowest BCUT2D eigenvalue weighted by atomic mass is 10.1. The summed E-state index contributed by atoms with van der Waals surface area (Å²) in [6, 6.07) is 9.16. The molecule has 2 saturated heterocycles. The molecule has 6 N–H and O–H groups in total. The lowest BCUT2D eigenvalue weighted by molar-refractivity contribution is 0.112. The van der Waals surface area contributed by atoms with Crippen molar-refractivity contribution in [1.82, 2.24) is 47.6 Å². The Bertz CT molecular complexity index is 3410. The zero-order chi connectivity index (χ0) is 54.9. The van der Waals surface area contributed by atoms with Gasteiger partial charge in [0.2, 0.25) is 20.0 Å². The molecule has 6 aromatic rings. The molecule has 0 amide bonds. The SMILES string of the molecule is CCCc1c(/C=N/OC)c(C)c2c(=O)[nH]c(-c3cc(S(=O)(=O)N4CCN(CCO)CC4)ccc3OCC)nn12.CCCc1c(C=O)c(C)c2c(=O)[nH]c(-c3cc(S(=O)(=O)N4CCN(CCO)CC4)ccc3OCC)nn12.O. The van der Waals surface area contributed by atoms with Crippen LogP contribution in [-0.2, 0) is 37.7 Å². The van der Waals surface area contributed by atoms with E-state index in [0.29, 0.717) is 136 Å². The smallest absolute Gasteiger partial charge is 0.275 e. The van der Waals surface area contributed by atoms with Gasteiger partial charge in [0.1, 0.15) is 29.6 Å². The maximum atomic E-state index is 13.6. The number of aromatic nitrogens is 6. The van der Waals surface area contributed by atoms with Gasteiger partial charge in [0.25, 0.3) is 11.1 Å². The number of β-amino-alcohol motifs (C(OH)–C–C–N with tert-alkyl or cyclic N) is 2. The topological polar surface area (TPSA) is 311 Å². The summed E-state index contributed by atoms with van der Waals surface area (Å²) in [6.07, 6.45) is 5.08. The van der Waals surface area contributed by atoms with Crippen molar-refractivity contribution in [3.8, 4) is 34.3 Å². The molecule has 2 fully saturated rings. The van der Waals surface area contributed by atoms with E-state index in [2.05, 4.69) is 20.2 Å². The Morgan fingerprint density at radius 3 is 1.42 bits per heavy atom. The van der Waals surface area contributed by atoms with Gasteiger partial charge in [0.15, 0.2) is 17.9 Å². The third kappa shape index (κ3) is 12.5. The van der Waals surface area contributed by atoms with Crippen LogP contribution in [0, 0.1) is 13.8 Å². The first-order chi connectivity index (χ1) is 36.5. The number of aromatic amines is 2. The second-order valence-electron chi connectivity index (χ2n) is 18.3. The van der Waals surface area contributed by atoms with Crippen LogP contribution in [0.2, 0.25) is 0 Å². The summed E-state index contributed by atoms with van der Waals surface area (Å²) >= 11 is 0. The fraction of sp³-hybridized carbons (Fsp3) is 0.490. The number of hydrogen-bond donors (Lipinski definition) is 4. The molecule has 26 heteroatoms. The van der Waals surface area contributed by atoms with Gasteiger partial charge in [0, 0.05) is 76.6 Å². The number of hydrogen-bond acceptors (Lipinski definition) is 17. The highest BCUT2D eigenvalue weighted by atomic mass is 32.2. The van der Waals surface area contributed by atoms with Crippen molar-refractivity contribution in [2.45, 2.75) is 77.0 Å². The Morgan fingerprint density at radius 2 is 1.05 bits per heavy atom. The number of piperazine rings is 2. The minimum Gasteiger partial charge on any atom is -0.493 e. The van der Waals surface area contributed by atoms with Crippen molar-refractivity contribution >= 4 is 43.6 Å². The fourth-order valence-electron chi connectivity index (χ4n) is 9.71. The van der Waals surface area contributed by atoms with Crippen molar-refractivity contribution in [2.24, 2.45) is 5.16 Å². The molecule has 0 aliphatic carbocycles. The third-order valence-electron chi connectivity index (χ3n) is 13.5. The normalized spacial score (nSPS) is 15.2. The minimum absolute atomic E-state index is 0. The number of sulfonamides is 2. The predicted octanol–water partition coefficient (Wildman–Crippen LogP) is 2.26. The Labute approximate surface area is 447 Å². The van der Waals surface area contributed by atoms with Crippen LogP contribution in [0.5, 0.6) is 11.5 Å². The standard InChI is InChI=1S/C26H36N6O6S.C25H33N5O6S.H2O/c1-5-7-22-21(17-27-37-4)18(3)24-26(34)28-25(29-32(22)24)20-16-19(8-9-23(20)38-6-2)39(35,36)31-12-10-30(11-13-31)14-15-33;1-4-6-21-20(16-32)17(3)23-25(33)26-24(27-30(21)23)19-15-18(7-8-22(19)36-5-2)37(34,35)29-11-9-28(10-12-29)13-14-31;/h8-9,16-17,33H,5-7,10-15H2,1-4H3,(H,28,29,34);7-8,15-16,31H,4-6,9-14H2,1-3H3,(H,26,27,33);1H2/b27-17+;;. The zero-order valence-electron chi connectivity index (χ0n) is 44.7. The molecular formula is C51H71N11O13S2. The maximum Gasteiger partial charge on any atom is 0.275 e. The van der Waals surface area contributed by atoms with Crippen molar-refractivity contribution in [2.75, 3.05) is 99.0 Å². The average molecular weight is 1110 g/mol. The number of nitrogens with zero attached hydrogens (tertiary/aromatic N) is 9. The van der Waals surface area contributed by atoms with Gasteiger partial charge in [0.05, 0.1) is 64.9 Å². The van der Waals surface area contributed by atoms with Crippen LogP contribution in [0.25, 0.3) is 33.8 Å². The number of carbonyl (C=O) groups excluding carboxylic acids is 1.